The highest BCUT2D eigenvalue weighted by molar-refractivity contribution is 7.53. The van der Waals surface area contributed by atoms with E-state index in [9.17, 15) is 9.36 Å². The molecule has 0 bridgehead atoms. The van der Waals surface area contributed by atoms with Gasteiger partial charge in [-0.1, -0.05) is 23.2 Å². The van der Waals surface area contributed by atoms with Gasteiger partial charge in [0.1, 0.15) is 11.6 Å². The van der Waals surface area contributed by atoms with E-state index in [4.69, 9.17) is 47.0 Å². The lowest BCUT2D eigenvalue weighted by Gasteiger charge is -2.35. The van der Waals surface area contributed by atoms with Gasteiger partial charge in [-0.3, -0.25) is 19.2 Å². The van der Waals surface area contributed by atoms with Gasteiger partial charge in [-0.25, -0.2) is 9.97 Å². The van der Waals surface area contributed by atoms with Crippen LogP contribution in [0.5, 0.6) is 11.6 Å². The van der Waals surface area contributed by atoms with Crippen LogP contribution in [0.1, 0.15) is 39.2 Å². The van der Waals surface area contributed by atoms with Gasteiger partial charge in [-0.15, -0.1) is 0 Å². The first kappa shape index (κ1) is 37.5. The van der Waals surface area contributed by atoms with Crippen LogP contribution in [-0.2, 0) is 25.0 Å². The molecule has 2 aliphatic heterocycles. The number of rotatable bonds is 15. The number of hydrogen-bond acceptors (Lipinski definition) is 10. The Morgan fingerprint density at radius 1 is 0.939 bits per heavy atom. The third-order valence-corrected chi connectivity index (χ3v) is 11.2. The van der Waals surface area contributed by atoms with Crippen molar-refractivity contribution in [1.82, 2.24) is 25.1 Å². The number of nitrogens with zero attached hydrogens (tertiary/aromatic N) is 5. The zero-order valence-electron chi connectivity index (χ0n) is 28.6. The number of ether oxygens (including phenoxy) is 1. The number of piperidine rings is 1. The third kappa shape index (κ3) is 11.4. The van der Waals surface area contributed by atoms with E-state index in [1.54, 1.807) is 19.2 Å². The molecule has 0 spiro atoms. The maximum atomic E-state index is 12.8. The second-order valence-electron chi connectivity index (χ2n) is 12.5. The Hall–Kier alpha value is -2.76. The van der Waals surface area contributed by atoms with E-state index in [1.165, 1.54) is 0 Å². The Morgan fingerprint density at radius 2 is 1.63 bits per heavy atom. The average molecular weight is 734 g/mol. The molecule has 0 saturated carbocycles. The smallest absolute Gasteiger partial charge is 0.331 e. The third-order valence-electron chi connectivity index (χ3n) is 8.75. The number of carbonyl (C=O) groups excluding carboxylic acids is 1. The van der Waals surface area contributed by atoms with E-state index < -0.39 is 7.60 Å². The van der Waals surface area contributed by atoms with E-state index in [1.807, 2.05) is 44.2 Å². The van der Waals surface area contributed by atoms with Gasteiger partial charge in [-0.05, 0) is 87.7 Å². The number of aromatic nitrogens is 2. The number of nitrogens with one attached hydrogen (secondary N) is 1. The monoisotopic (exact) mass is 732 g/mol. The summed E-state index contributed by atoms with van der Waals surface area (Å²) in [5.74, 6) is 2.43. The normalized spacial score (nSPS) is 16.6. The van der Waals surface area contributed by atoms with Crippen LogP contribution >= 0.6 is 30.8 Å². The van der Waals surface area contributed by atoms with Crippen LogP contribution in [0.25, 0.3) is 11.3 Å². The Bertz CT molecular complexity index is 1550. The molecule has 4 heterocycles. The van der Waals surface area contributed by atoms with Crippen LogP contribution in [0.3, 0.4) is 0 Å². The van der Waals surface area contributed by atoms with Gasteiger partial charge >= 0.3 is 7.60 Å². The van der Waals surface area contributed by atoms with Gasteiger partial charge in [0.15, 0.2) is 0 Å². The molecule has 0 unspecified atom stereocenters. The maximum Gasteiger partial charge on any atom is 0.331 e. The molecular formula is C35H47Cl2N6O5P. The van der Waals surface area contributed by atoms with E-state index in [0.717, 1.165) is 87.8 Å². The number of pyridine rings is 2. The molecule has 14 heteroatoms. The van der Waals surface area contributed by atoms with Crippen molar-refractivity contribution < 1.29 is 23.1 Å². The van der Waals surface area contributed by atoms with E-state index in [2.05, 4.69) is 26.1 Å². The van der Waals surface area contributed by atoms with Crippen LogP contribution < -0.4 is 15.0 Å². The Balaban J connectivity index is 1.22. The predicted octanol–water partition coefficient (Wildman–Crippen LogP) is 6.98. The Kier molecular flexibility index (Phi) is 13.7. The Labute approximate surface area is 299 Å². The molecule has 49 heavy (non-hydrogen) atoms. The van der Waals surface area contributed by atoms with Crippen LogP contribution in [0.4, 0.5) is 5.82 Å². The molecule has 266 valence electrons. The molecule has 1 aromatic carbocycles. The van der Waals surface area contributed by atoms with Crippen LogP contribution in [0, 0.1) is 5.92 Å². The minimum atomic E-state index is -3.05. The van der Waals surface area contributed by atoms with Gasteiger partial charge in [0, 0.05) is 74.4 Å². The summed E-state index contributed by atoms with van der Waals surface area (Å²) in [6.45, 7) is 13.3. The lowest BCUT2D eigenvalue weighted by atomic mass is 9.96. The minimum absolute atomic E-state index is 0.0190. The molecule has 0 atom stereocenters. The zero-order chi connectivity index (χ0) is 34.8. The summed E-state index contributed by atoms with van der Waals surface area (Å²) < 4.78 is 30.0. The van der Waals surface area contributed by atoms with Gasteiger partial charge in [0.05, 0.1) is 31.3 Å². The molecule has 1 N–H and O–H groups in total. The second-order valence-corrected chi connectivity index (χ2v) is 15.5. The number of halogens is 2. The highest BCUT2D eigenvalue weighted by Crippen LogP contribution is 2.47. The summed E-state index contributed by atoms with van der Waals surface area (Å²) in [4.78, 5) is 27.8. The molecule has 11 nitrogen and oxygen atoms in total. The first-order valence-corrected chi connectivity index (χ1v) is 19.5. The molecule has 3 aromatic rings. The summed E-state index contributed by atoms with van der Waals surface area (Å²) >= 11 is 12.7. The fourth-order valence-electron chi connectivity index (χ4n) is 6.21. The number of anilines is 1. The van der Waals surface area contributed by atoms with E-state index >= 15 is 0 Å². The van der Waals surface area contributed by atoms with Crippen molar-refractivity contribution in [1.29, 1.82) is 0 Å². The quantitative estimate of drug-likeness (QED) is 0.165. The van der Waals surface area contributed by atoms with Crippen molar-refractivity contribution in [2.24, 2.45) is 5.92 Å². The number of carbonyl (C=O) groups is 1. The van der Waals surface area contributed by atoms with Crippen LogP contribution in [0.2, 0.25) is 10.0 Å². The lowest BCUT2D eigenvalue weighted by Crippen LogP contribution is -2.47. The molecular weight excluding hydrogens is 686 g/mol. The number of amides is 1. The first-order valence-electron chi connectivity index (χ1n) is 17.0. The van der Waals surface area contributed by atoms with Crippen molar-refractivity contribution in [3.63, 3.8) is 0 Å². The summed E-state index contributed by atoms with van der Waals surface area (Å²) in [6.07, 6.45) is 4.18. The summed E-state index contributed by atoms with van der Waals surface area (Å²) in [5, 5.41) is 4.03. The van der Waals surface area contributed by atoms with E-state index in [-0.39, 0.29) is 5.91 Å². The van der Waals surface area contributed by atoms with Crippen molar-refractivity contribution >= 4 is 42.5 Å². The predicted molar refractivity (Wildman–Crippen MR) is 195 cm³/mol. The number of hydrogen-bond donors (Lipinski definition) is 1. The summed E-state index contributed by atoms with van der Waals surface area (Å²) in [6, 6.07) is 13.3. The standard InChI is InChI=1S/C35H47Cl2N6O5P/c1-4-46-49(45,47-5-2)17-16-41-12-14-43(15-13-41)34-7-6-32(24-39-34)48-35-19-28(18-33(40-35)29-20-30(36)22-31(37)21-29)25-42-10-8-27(9-11-42)23-38-26(3)44/h6-7,18-22,24,27H,4-5,8-17,23,25H2,1-3H3,(H,38,44). The fraction of sp³-hybridized carbons (Fsp3) is 0.514. The molecule has 0 radical (unpaired) electrons. The molecule has 2 aliphatic rings. The molecule has 2 aromatic heterocycles. The van der Waals surface area contributed by atoms with Gasteiger partial charge in [0.25, 0.3) is 0 Å². The van der Waals surface area contributed by atoms with Gasteiger partial charge in [0.2, 0.25) is 11.8 Å². The minimum Gasteiger partial charge on any atom is -0.437 e. The van der Waals surface area contributed by atoms with Crippen molar-refractivity contribution in [2.75, 3.05) is 76.6 Å². The second kappa shape index (κ2) is 17.9. The molecule has 2 fully saturated rings. The molecule has 0 aliphatic carbocycles. The maximum absolute atomic E-state index is 12.8. The average Bonchev–Trinajstić information content (AvgIpc) is 3.07. The number of piperazine rings is 1. The largest absolute Gasteiger partial charge is 0.437 e. The highest BCUT2D eigenvalue weighted by Gasteiger charge is 2.26. The molecule has 1 amide bonds. The van der Waals surface area contributed by atoms with E-state index in [0.29, 0.717) is 53.5 Å². The van der Waals surface area contributed by atoms with Crippen molar-refractivity contribution in [3.8, 4) is 22.9 Å². The SMILES string of the molecule is CCOP(=O)(CCN1CCN(c2ccc(Oc3cc(CN4CCC(CNC(C)=O)CC4)cc(-c4cc(Cl)cc(Cl)c4)n3)cn2)CC1)OCC. The first-order chi connectivity index (χ1) is 23.6. The van der Waals surface area contributed by atoms with Gasteiger partial charge < -0.3 is 24.0 Å². The summed E-state index contributed by atoms with van der Waals surface area (Å²) in [7, 11) is -3.05. The molecule has 2 saturated heterocycles. The number of benzene rings is 1. The van der Waals surface area contributed by atoms with Crippen molar-refractivity contribution in [3.05, 3.63) is 64.3 Å². The van der Waals surface area contributed by atoms with Gasteiger partial charge in [-0.2, -0.15) is 0 Å². The fourth-order valence-corrected chi connectivity index (χ4v) is 8.39. The highest BCUT2D eigenvalue weighted by atomic mass is 35.5. The van der Waals surface area contributed by atoms with Crippen molar-refractivity contribution in [2.45, 2.75) is 40.2 Å². The Morgan fingerprint density at radius 3 is 2.24 bits per heavy atom. The van der Waals surface area contributed by atoms with Crippen LogP contribution in [0.15, 0.2) is 48.7 Å². The summed E-state index contributed by atoms with van der Waals surface area (Å²) in [5.41, 5.74) is 2.60. The lowest BCUT2D eigenvalue weighted by molar-refractivity contribution is -0.119. The zero-order valence-corrected chi connectivity index (χ0v) is 31.0. The number of likely N-dealkylation sites (tertiary alicyclic amines) is 1. The molecule has 5 rings (SSSR count). The topological polar surface area (TPSA) is 109 Å². The van der Waals surface area contributed by atoms with Crippen LogP contribution in [-0.4, -0.2) is 97.4 Å².